The van der Waals surface area contributed by atoms with E-state index in [9.17, 15) is 9.59 Å². The van der Waals surface area contributed by atoms with Crippen molar-refractivity contribution in [3.63, 3.8) is 0 Å². The molecule has 0 saturated carbocycles. The largest absolute Gasteiger partial charge is 0.486 e. The molecule has 1 amide bonds. The summed E-state index contributed by atoms with van der Waals surface area (Å²) in [6, 6.07) is 10.7. The van der Waals surface area contributed by atoms with Crippen LogP contribution >= 0.6 is 11.6 Å². The number of nitrogens with zero attached hydrogens (tertiary/aromatic N) is 1. The Labute approximate surface area is 166 Å². The molecule has 7 nitrogen and oxygen atoms in total. The standard InChI is InChI=1S/C20H18ClNO6/c21-14-9-13(10-17-20(14)26-8-7-25-17)11-28-19(24)5-6-22-15-3-1-2-4-16(15)27-12-18(22)23/h1-4,9-10H,5-8,11-12H2. The van der Waals surface area contributed by atoms with Gasteiger partial charge in [-0.3, -0.25) is 9.59 Å². The molecule has 2 aromatic rings. The average Bonchev–Trinajstić information content (AvgIpc) is 2.71. The normalized spacial score (nSPS) is 14.9. The van der Waals surface area contributed by atoms with Crippen molar-refractivity contribution in [3.05, 3.63) is 47.0 Å². The molecule has 0 bridgehead atoms. The summed E-state index contributed by atoms with van der Waals surface area (Å²) in [6.07, 6.45) is 0.0678. The number of para-hydroxylation sites is 2. The SMILES string of the molecule is O=C(CCN1C(=O)COc2ccccc21)OCc1cc(Cl)c2c(c1)OCCO2. The lowest BCUT2D eigenvalue weighted by atomic mass is 10.2. The van der Waals surface area contributed by atoms with Gasteiger partial charge in [0.05, 0.1) is 17.1 Å². The molecule has 146 valence electrons. The summed E-state index contributed by atoms with van der Waals surface area (Å²) in [6.45, 7) is 1.14. The van der Waals surface area contributed by atoms with E-state index in [1.807, 2.05) is 12.1 Å². The van der Waals surface area contributed by atoms with E-state index in [1.54, 1.807) is 29.2 Å². The van der Waals surface area contributed by atoms with Gasteiger partial charge in [0, 0.05) is 6.54 Å². The van der Waals surface area contributed by atoms with Gasteiger partial charge in [0.25, 0.3) is 5.91 Å². The number of carbonyl (C=O) groups excluding carboxylic acids is 2. The molecule has 0 unspecified atom stereocenters. The van der Waals surface area contributed by atoms with Crippen molar-refractivity contribution in [1.29, 1.82) is 0 Å². The van der Waals surface area contributed by atoms with Crippen LogP contribution in [0.3, 0.4) is 0 Å². The van der Waals surface area contributed by atoms with Crippen LogP contribution in [0.1, 0.15) is 12.0 Å². The van der Waals surface area contributed by atoms with Crippen LogP contribution in [0.4, 0.5) is 5.69 Å². The summed E-state index contributed by atoms with van der Waals surface area (Å²) in [7, 11) is 0. The van der Waals surface area contributed by atoms with Crippen LogP contribution in [0.15, 0.2) is 36.4 Å². The number of halogens is 1. The highest BCUT2D eigenvalue weighted by molar-refractivity contribution is 6.32. The van der Waals surface area contributed by atoms with Crippen molar-refractivity contribution in [2.45, 2.75) is 13.0 Å². The maximum Gasteiger partial charge on any atom is 0.307 e. The zero-order chi connectivity index (χ0) is 19.5. The van der Waals surface area contributed by atoms with Gasteiger partial charge in [-0.05, 0) is 29.8 Å². The van der Waals surface area contributed by atoms with Gasteiger partial charge < -0.3 is 23.8 Å². The van der Waals surface area contributed by atoms with E-state index >= 15 is 0 Å². The highest BCUT2D eigenvalue weighted by Crippen LogP contribution is 2.38. The lowest BCUT2D eigenvalue weighted by Crippen LogP contribution is -2.40. The number of amides is 1. The van der Waals surface area contributed by atoms with Crippen LogP contribution in [0, 0.1) is 0 Å². The first-order chi connectivity index (χ1) is 13.6. The van der Waals surface area contributed by atoms with Crippen molar-refractivity contribution in [2.24, 2.45) is 0 Å². The predicted octanol–water partition coefficient (Wildman–Crippen LogP) is 2.97. The molecule has 0 atom stereocenters. The lowest BCUT2D eigenvalue weighted by molar-refractivity contribution is -0.144. The molecule has 28 heavy (non-hydrogen) atoms. The Morgan fingerprint density at radius 2 is 1.93 bits per heavy atom. The number of rotatable bonds is 5. The molecular weight excluding hydrogens is 386 g/mol. The minimum Gasteiger partial charge on any atom is -0.486 e. The molecule has 2 aliphatic rings. The van der Waals surface area contributed by atoms with Crippen molar-refractivity contribution in [2.75, 3.05) is 31.3 Å². The van der Waals surface area contributed by atoms with Gasteiger partial charge in [-0.25, -0.2) is 0 Å². The second kappa shape index (κ2) is 7.98. The van der Waals surface area contributed by atoms with Crippen molar-refractivity contribution in [1.82, 2.24) is 0 Å². The maximum atomic E-state index is 12.2. The number of anilines is 1. The van der Waals surface area contributed by atoms with Gasteiger partial charge in [0.2, 0.25) is 0 Å². The number of hydrogen-bond donors (Lipinski definition) is 0. The van der Waals surface area contributed by atoms with E-state index in [1.165, 1.54) is 0 Å². The van der Waals surface area contributed by atoms with Gasteiger partial charge in [-0.2, -0.15) is 0 Å². The summed E-state index contributed by atoms with van der Waals surface area (Å²) < 4.78 is 21.7. The van der Waals surface area contributed by atoms with Crippen molar-refractivity contribution < 1.29 is 28.5 Å². The molecule has 8 heteroatoms. The quantitative estimate of drug-likeness (QED) is 0.714. The second-order valence-electron chi connectivity index (χ2n) is 6.31. The van der Waals surface area contributed by atoms with Crippen molar-refractivity contribution in [3.8, 4) is 17.2 Å². The molecule has 2 heterocycles. The summed E-state index contributed by atoms with van der Waals surface area (Å²) >= 11 is 6.19. The first kappa shape index (κ1) is 18.4. The van der Waals surface area contributed by atoms with Crippen LogP contribution in [0.2, 0.25) is 5.02 Å². The Hall–Kier alpha value is -2.93. The molecule has 0 fully saturated rings. The monoisotopic (exact) mass is 403 g/mol. The van der Waals surface area contributed by atoms with Crippen LogP contribution in [0.25, 0.3) is 0 Å². The van der Waals surface area contributed by atoms with E-state index in [4.69, 9.17) is 30.5 Å². The Bertz CT molecular complexity index is 916. The van der Waals surface area contributed by atoms with Crippen LogP contribution < -0.4 is 19.1 Å². The number of fused-ring (bicyclic) bond motifs is 2. The third-order valence-electron chi connectivity index (χ3n) is 4.40. The van der Waals surface area contributed by atoms with Gasteiger partial charge in [0.1, 0.15) is 25.6 Å². The topological polar surface area (TPSA) is 74.3 Å². The van der Waals surface area contributed by atoms with E-state index in [0.29, 0.717) is 46.7 Å². The molecule has 2 aromatic carbocycles. The average molecular weight is 404 g/mol. The molecule has 0 N–H and O–H groups in total. The second-order valence-corrected chi connectivity index (χ2v) is 6.72. The molecule has 0 radical (unpaired) electrons. The first-order valence-electron chi connectivity index (χ1n) is 8.87. The van der Waals surface area contributed by atoms with Gasteiger partial charge in [-0.1, -0.05) is 23.7 Å². The van der Waals surface area contributed by atoms with Gasteiger partial charge in [0.15, 0.2) is 18.1 Å². The summed E-state index contributed by atoms with van der Waals surface area (Å²) in [5.74, 6) is 1.07. The summed E-state index contributed by atoms with van der Waals surface area (Å²) in [5.41, 5.74) is 1.36. The van der Waals surface area contributed by atoms with E-state index in [2.05, 4.69) is 0 Å². The van der Waals surface area contributed by atoms with Crippen LogP contribution in [-0.2, 0) is 20.9 Å². The fourth-order valence-corrected chi connectivity index (χ4v) is 3.37. The molecule has 0 aromatic heterocycles. The number of benzene rings is 2. The Balaban J connectivity index is 1.34. The number of ether oxygens (including phenoxy) is 4. The lowest BCUT2D eigenvalue weighted by Gasteiger charge is -2.29. The Kier molecular flexibility index (Phi) is 5.25. The Morgan fingerprint density at radius 1 is 1.11 bits per heavy atom. The third kappa shape index (κ3) is 3.84. The summed E-state index contributed by atoms with van der Waals surface area (Å²) in [5, 5.41) is 0.416. The zero-order valence-corrected chi connectivity index (χ0v) is 15.7. The van der Waals surface area contributed by atoms with Crippen molar-refractivity contribution >= 4 is 29.2 Å². The molecule has 0 spiro atoms. The number of esters is 1. The maximum absolute atomic E-state index is 12.2. The summed E-state index contributed by atoms with van der Waals surface area (Å²) in [4.78, 5) is 25.8. The Morgan fingerprint density at radius 3 is 2.82 bits per heavy atom. The van der Waals surface area contributed by atoms with Gasteiger partial charge >= 0.3 is 5.97 Å². The van der Waals surface area contributed by atoms with Crippen LogP contribution in [-0.4, -0.2) is 38.2 Å². The number of hydrogen-bond acceptors (Lipinski definition) is 6. The minimum atomic E-state index is -0.414. The third-order valence-corrected chi connectivity index (χ3v) is 4.68. The van der Waals surface area contributed by atoms with E-state index < -0.39 is 5.97 Å². The molecule has 0 aliphatic carbocycles. The smallest absolute Gasteiger partial charge is 0.307 e. The van der Waals surface area contributed by atoms with Gasteiger partial charge in [-0.15, -0.1) is 0 Å². The fourth-order valence-electron chi connectivity index (χ4n) is 3.09. The molecule has 2 aliphatic heterocycles. The first-order valence-corrected chi connectivity index (χ1v) is 9.25. The highest BCUT2D eigenvalue weighted by atomic mass is 35.5. The molecule has 4 rings (SSSR count). The van der Waals surface area contributed by atoms with Crippen LogP contribution in [0.5, 0.6) is 17.2 Å². The van der Waals surface area contributed by atoms with E-state index in [0.717, 1.165) is 0 Å². The fraction of sp³-hybridized carbons (Fsp3) is 0.300. The highest BCUT2D eigenvalue weighted by Gasteiger charge is 2.25. The molecular formula is C20H18ClNO6. The minimum absolute atomic E-state index is 0.0399. The zero-order valence-electron chi connectivity index (χ0n) is 15.0. The number of carbonyl (C=O) groups is 2. The van der Waals surface area contributed by atoms with E-state index in [-0.39, 0.29) is 32.1 Å². The molecule has 0 saturated heterocycles. The predicted molar refractivity (Wildman–Crippen MR) is 101 cm³/mol.